The number of hydrogen-bond acceptors (Lipinski definition) is 3. The van der Waals surface area contributed by atoms with E-state index < -0.39 is 0 Å². The van der Waals surface area contributed by atoms with Crippen molar-refractivity contribution in [2.75, 3.05) is 0 Å². The SMILES string of the molecule is C/C(=N\NC(=O)Cc1ccccc1)c1ccccn1. The number of aromatic nitrogens is 1. The number of pyridine rings is 1. The van der Waals surface area contributed by atoms with Gasteiger partial charge in [-0.2, -0.15) is 5.10 Å². The van der Waals surface area contributed by atoms with E-state index >= 15 is 0 Å². The second kappa shape index (κ2) is 6.44. The third-order valence-corrected chi connectivity index (χ3v) is 2.59. The molecular formula is C15H15N3O. The minimum absolute atomic E-state index is 0.138. The third-order valence-electron chi connectivity index (χ3n) is 2.59. The molecule has 4 nitrogen and oxygen atoms in total. The van der Waals surface area contributed by atoms with Crippen molar-refractivity contribution in [3.05, 3.63) is 66.0 Å². The van der Waals surface area contributed by atoms with Crippen LogP contribution in [0.1, 0.15) is 18.2 Å². The predicted octanol–water partition coefficient (Wildman–Crippen LogP) is 2.16. The predicted molar refractivity (Wildman–Crippen MR) is 74.7 cm³/mol. The van der Waals surface area contributed by atoms with Gasteiger partial charge in [0.15, 0.2) is 0 Å². The first-order valence-corrected chi connectivity index (χ1v) is 6.04. The van der Waals surface area contributed by atoms with E-state index in [1.165, 1.54) is 0 Å². The number of amides is 1. The molecule has 0 saturated heterocycles. The first-order valence-electron chi connectivity index (χ1n) is 6.04. The molecule has 0 fully saturated rings. The topological polar surface area (TPSA) is 54.4 Å². The first kappa shape index (κ1) is 13.0. The first-order chi connectivity index (χ1) is 9.25. The summed E-state index contributed by atoms with van der Waals surface area (Å²) in [7, 11) is 0. The van der Waals surface area contributed by atoms with Crippen molar-refractivity contribution >= 4 is 11.6 Å². The van der Waals surface area contributed by atoms with Gasteiger partial charge in [-0.25, -0.2) is 5.43 Å². The number of carbonyl (C=O) groups excluding carboxylic acids is 1. The van der Waals surface area contributed by atoms with Crippen LogP contribution in [0.15, 0.2) is 59.8 Å². The Morgan fingerprint density at radius 3 is 2.58 bits per heavy atom. The Morgan fingerprint density at radius 1 is 1.16 bits per heavy atom. The Kier molecular flexibility index (Phi) is 4.39. The maximum absolute atomic E-state index is 11.7. The number of nitrogens with zero attached hydrogens (tertiary/aromatic N) is 2. The van der Waals surface area contributed by atoms with E-state index in [1.807, 2.05) is 55.5 Å². The highest BCUT2D eigenvalue weighted by atomic mass is 16.2. The van der Waals surface area contributed by atoms with E-state index in [0.29, 0.717) is 12.1 Å². The van der Waals surface area contributed by atoms with Crippen molar-refractivity contribution < 1.29 is 4.79 Å². The van der Waals surface area contributed by atoms with E-state index in [2.05, 4.69) is 15.5 Å². The standard InChI is InChI=1S/C15H15N3O/c1-12(14-9-5-6-10-16-14)17-18-15(19)11-13-7-3-2-4-8-13/h2-10H,11H2,1H3,(H,18,19)/b17-12+. The fraction of sp³-hybridized carbons (Fsp3) is 0.133. The summed E-state index contributed by atoms with van der Waals surface area (Å²) in [5.41, 5.74) is 4.94. The van der Waals surface area contributed by atoms with Gasteiger partial charge in [-0.05, 0) is 24.6 Å². The molecule has 0 aliphatic carbocycles. The zero-order valence-corrected chi connectivity index (χ0v) is 10.7. The average Bonchev–Trinajstić information content (AvgIpc) is 2.47. The van der Waals surface area contributed by atoms with Gasteiger partial charge >= 0.3 is 0 Å². The lowest BCUT2D eigenvalue weighted by molar-refractivity contribution is -0.120. The Balaban J connectivity index is 1.93. The van der Waals surface area contributed by atoms with Crippen LogP contribution in [-0.2, 0) is 11.2 Å². The largest absolute Gasteiger partial charge is 0.273 e. The second-order valence-corrected chi connectivity index (χ2v) is 4.11. The molecule has 1 amide bonds. The zero-order chi connectivity index (χ0) is 13.5. The molecule has 0 radical (unpaired) electrons. The summed E-state index contributed by atoms with van der Waals surface area (Å²) >= 11 is 0. The Labute approximate surface area is 112 Å². The van der Waals surface area contributed by atoms with Gasteiger partial charge in [-0.1, -0.05) is 36.4 Å². The molecular weight excluding hydrogens is 238 g/mol. The molecule has 4 heteroatoms. The molecule has 1 heterocycles. The Hall–Kier alpha value is -2.49. The van der Waals surface area contributed by atoms with Gasteiger partial charge in [-0.3, -0.25) is 9.78 Å². The molecule has 19 heavy (non-hydrogen) atoms. The van der Waals surface area contributed by atoms with Crippen LogP contribution in [0.3, 0.4) is 0 Å². The monoisotopic (exact) mass is 253 g/mol. The summed E-state index contributed by atoms with van der Waals surface area (Å²) in [6.07, 6.45) is 2.01. The highest BCUT2D eigenvalue weighted by Crippen LogP contribution is 1.99. The maximum Gasteiger partial charge on any atom is 0.244 e. The highest BCUT2D eigenvalue weighted by Gasteiger charge is 2.02. The molecule has 0 saturated carbocycles. The summed E-state index contributed by atoms with van der Waals surface area (Å²) in [6, 6.07) is 15.1. The molecule has 1 aromatic carbocycles. The number of rotatable bonds is 4. The van der Waals surface area contributed by atoms with Crippen LogP contribution < -0.4 is 5.43 Å². The smallest absolute Gasteiger partial charge is 0.244 e. The van der Waals surface area contributed by atoms with Gasteiger partial charge in [-0.15, -0.1) is 0 Å². The highest BCUT2D eigenvalue weighted by molar-refractivity contribution is 5.97. The molecule has 2 rings (SSSR count). The number of nitrogens with one attached hydrogen (secondary N) is 1. The quantitative estimate of drug-likeness (QED) is 0.670. The Bertz CT molecular complexity index is 564. The summed E-state index contributed by atoms with van der Waals surface area (Å²) in [4.78, 5) is 15.9. The van der Waals surface area contributed by atoms with Crippen LogP contribution in [-0.4, -0.2) is 16.6 Å². The molecule has 1 aromatic heterocycles. The van der Waals surface area contributed by atoms with Crippen LogP contribution in [0.25, 0.3) is 0 Å². The molecule has 0 unspecified atom stereocenters. The second-order valence-electron chi connectivity index (χ2n) is 4.11. The Morgan fingerprint density at radius 2 is 1.89 bits per heavy atom. The van der Waals surface area contributed by atoms with Gasteiger partial charge in [0, 0.05) is 6.20 Å². The van der Waals surface area contributed by atoms with E-state index in [9.17, 15) is 4.79 Å². The van der Waals surface area contributed by atoms with E-state index in [0.717, 1.165) is 11.3 Å². The van der Waals surface area contributed by atoms with E-state index in [-0.39, 0.29) is 5.91 Å². The average molecular weight is 253 g/mol. The number of hydrazone groups is 1. The molecule has 0 atom stereocenters. The summed E-state index contributed by atoms with van der Waals surface area (Å²) in [6.45, 7) is 1.81. The molecule has 96 valence electrons. The van der Waals surface area contributed by atoms with Crippen molar-refractivity contribution in [1.29, 1.82) is 0 Å². The van der Waals surface area contributed by atoms with Crippen LogP contribution >= 0.6 is 0 Å². The van der Waals surface area contributed by atoms with Crippen molar-refractivity contribution in [2.24, 2.45) is 5.10 Å². The molecule has 1 N–H and O–H groups in total. The van der Waals surface area contributed by atoms with Crippen LogP contribution in [0.2, 0.25) is 0 Å². The molecule has 0 bridgehead atoms. The lowest BCUT2D eigenvalue weighted by Crippen LogP contribution is -2.21. The van der Waals surface area contributed by atoms with Gasteiger partial charge in [0.1, 0.15) is 0 Å². The summed E-state index contributed by atoms with van der Waals surface area (Å²) in [5, 5.41) is 4.05. The van der Waals surface area contributed by atoms with Gasteiger partial charge < -0.3 is 0 Å². The molecule has 0 aliphatic rings. The van der Waals surface area contributed by atoms with Crippen LogP contribution in [0.5, 0.6) is 0 Å². The maximum atomic E-state index is 11.7. The summed E-state index contributed by atoms with van der Waals surface area (Å²) < 4.78 is 0. The van der Waals surface area contributed by atoms with Crippen molar-refractivity contribution in [2.45, 2.75) is 13.3 Å². The van der Waals surface area contributed by atoms with E-state index in [1.54, 1.807) is 6.20 Å². The van der Waals surface area contributed by atoms with Gasteiger partial charge in [0.05, 0.1) is 17.8 Å². The van der Waals surface area contributed by atoms with E-state index in [4.69, 9.17) is 0 Å². The molecule has 2 aromatic rings. The number of benzene rings is 1. The minimum atomic E-state index is -0.138. The van der Waals surface area contributed by atoms with Gasteiger partial charge in [0.25, 0.3) is 0 Å². The lowest BCUT2D eigenvalue weighted by Gasteiger charge is -2.02. The lowest BCUT2D eigenvalue weighted by atomic mass is 10.1. The molecule has 0 spiro atoms. The fourth-order valence-electron chi connectivity index (χ4n) is 1.60. The van der Waals surface area contributed by atoms with Crippen LogP contribution in [0, 0.1) is 0 Å². The summed E-state index contributed by atoms with van der Waals surface area (Å²) in [5.74, 6) is -0.138. The number of hydrogen-bond donors (Lipinski definition) is 1. The third kappa shape index (κ3) is 4.03. The van der Waals surface area contributed by atoms with Crippen LogP contribution in [0.4, 0.5) is 0 Å². The van der Waals surface area contributed by atoms with Gasteiger partial charge in [0.2, 0.25) is 5.91 Å². The van der Waals surface area contributed by atoms with Crippen molar-refractivity contribution in [3.8, 4) is 0 Å². The normalized spacial score (nSPS) is 11.1. The van der Waals surface area contributed by atoms with Crippen molar-refractivity contribution in [3.63, 3.8) is 0 Å². The van der Waals surface area contributed by atoms with Crippen molar-refractivity contribution in [1.82, 2.24) is 10.4 Å². The zero-order valence-electron chi connectivity index (χ0n) is 10.7. The fourth-order valence-corrected chi connectivity index (χ4v) is 1.60. The minimum Gasteiger partial charge on any atom is -0.273 e. The molecule has 0 aliphatic heterocycles. The number of carbonyl (C=O) groups is 1.